The van der Waals surface area contributed by atoms with E-state index in [1.54, 1.807) is 7.11 Å². The van der Waals surface area contributed by atoms with Crippen LogP contribution in [0.25, 0.3) is 10.8 Å². The fraction of sp³-hybridized carbons (Fsp3) is 0.188. The number of fused-ring (bicyclic) bond motifs is 1. The van der Waals surface area contributed by atoms with Gasteiger partial charge < -0.3 is 4.74 Å². The summed E-state index contributed by atoms with van der Waals surface area (Å²) < 4.78 is 5.29. The Balaban J connectivity index is 1.97. The number of nitrogens with zero attached hydrogens (tertiary/aromatic N) is 3. The van der Waals surface area contributed by atoms with E-state index in [4.69, 9.17) is 10.00 Å². The van der Waals surface area contributed by atoms with Gasteiger partial charge in [0.15, 0.2) is 5.82 Å². The van der Waals surface area contributed by atoms with E-state index in [2.05, 4.69) is 27.3 Å². The van der Waals surface area contributed by atoms with Crippen molar-refractivity contribution in [3.05, 3.63) is 53.6 Å². The molecular weight excluding hydrogens is 264 g/mol. The molecule has 5 nitrogen and oxygen atoms in total. The maximum absolute atomic E-state index is 8.66. The van der Waals surface area contributed by atoms with Gasteiger partial charge in [-0.1, -0.05) is 24.3 Å². The summed E-state index contributed by atoms with van der Waals surface area (Å²) in [6.45, 7) is 0. The lowest BCUT2D eigenvalue weighted by molar-refractivity contribution is 0.415. The first-order valence-electron chi connectivity index (χ1n) is 6.63. The molecule has 0 saturated carbocycles. The van der Waals surface area contributed by atoms with E-state index in [-0.39, 0.29) is 6.42 Å². The van der Waals surface area contributed by atoms with E-state index < -0.39 is 0 Å². The molecule has 3 aromatic rings. The van der Waals surface area contributed by atoms with E-state index >= 15 is 0 Å². The molecule has 0 aliphatic heterocycles. The average molecular weight is 278 g/mol. The third kappa shape index (κ3) is 2.70. The van der Waals surface area contributed by atoms with Crippen molar-refractivity contribution in [2.45, 2.75) is 12.8 Å². The Labute approximate surface area is 122 Å². The molecule has 21 heavy (non-hydrogen) atoms. The van der Waals surface area contributed by atoms with Crippen LogP contribution in [0.15, 0.2) is 36.4 Å². The lowest BCUT2D eigenvalue weighted by Crippen LogP contribution is -1.93. The molecule has 0 radical (unpaired) electrons. The van der Waals surface area contributed by atoms with Gasteiger partial charge in [0.05, 0.1) is 19.6 Å². The molecule has 104 valence electrons. The second kappa shape index (κ2) is 5.63. The predicted molar refractivity (Wildman–Crippen MR) is 79.0 cm³/mol. The minimum absolute atomic E-state index is 0.222. The van der Waals surface area contributed by atoms with E-state index in [1.165, 1.54) is 0 Å². The van der Waals surface area contributed by atoms with E-state index in [0.717, 1.165) is 27.9 Å². The fourth-order valence-electron chi connectivity index (χ4n) is 2.34. The molecule has 0 fully saturated rings. The van der Waals surface area contributed by atoms with Gasteiger partial charge in [-0.15, -0.1) is 0 Å². The number of rotatable bonds is 4. The molecule has 0 aliphatic rings. The summed E-state index contributed by atoms with van der Waals surface area (Å²) in [5, 5.41) is 17.9. The Morgan fingerprint density at radius 3 is 3.00 bits per heavy atom. The number of benzene rings is 2. The van der Waals surface area contributed by atoms with Gasteiger partial charge in [-0.05, 0) is 28.5 Å². The highest BCUT2D eigenvalue weighted by Crippen LogP contribution is 2.25. The van der Waals surface area contributed by atoms with Crippen LogP contribution in [0, 0.1) is 11.3 Å². The molecule has 1 aromatic heterocycles. The summed E-state index contributed by atoms with van der Waals surface area (Å²) in [4.78, 5) is 4.32. The van der Waals surface area contributed by atoms with Crippen molar-refractivity contribution in [1.29, 1.82) is 5.26 Å². The quantitative estimate of drug-likeness (QED) is 0.796. The molecule has 0 bridgehead atoms. The minimum atomic E-state index is 0.222. The van der Waals surface area contributed by atoms with Crippen molar-refractivity contribution in [3.8, 4) is 11.8 Å². The van der Waals surface area contributed by atoms with Crippen LogP contribution in [0.3, 0.4) is 0 Å². The van der Waals surface area contributed by atoms with Crippen LogP contribution >= 0.6 is 0 Å². The Morgan fingerprint density at radius 1 is 1.29 bits per heavy atom. The van der Waals surface area contributed by atoms with Crippen LogP contribution < -0.4 is 4.74 Å². The van der Waals surface area contributed by atoms with Gasteiger partial charge in [0.2, 0.25) is 0 Å². The Bertz CT molecular complexity index is 817. The number of nitriles is 1. The number of methoxy groups -OCH3 is 1. The fourth-order valence-corrected chi connectivity index (χ4v) is 2.34. The Hall–Kier alpha value is -2.87. The largest absolute Gasteiger partial charge is 0.497 e. The van der Waals surface area contributed by atoms with E-state index in [0.29, 0.717) is 12.2 Å². The SMILES string of the molecule is COc1ccc2cccc(Cc3nc(CC#N)n[nH]3)c2c1. The number of hydrogen-bond donors (Lipinski definition) is 1. The highest BCUT2D eigenvalue weighted by atomic mass is 16.5. The molecule has 0 aliphatic carbocycles. The number of nitrogens with one attached hydrogen (secondary N) is 1. The van der Waals surface area contributed by atoms with Crippen molar-refractivity contribution in [2.24, 2.45) is 0 Å². The molecule has 0 amide bonds. The third-order valence-corrected chi connectivity index (χ3v) is 3.35. The highest BCUT2D eigenvalue weighted by Gasteiger charge is 2.07. The molecule has 3 rings (SSSR count). The first-order chi connectivity index (χ1) is 10.3. The minimum Gasteiger partial charge on any atom is -0.497 e. The van der Waals surface area contributed by atoms with Gasteiger partial charge in [0, 0.05) is 6.42 Å². The first kappa shape index (κ1) is 13.1. The van der Waals surface area contributed by atoms with Gasteiger partial charge >= 0.3 is 0 Å². The van der Waals surface area contributed by atoms with Crippen molar-refractivity contribution in [3.63, 3.8) is 0 Å². The maximum atomic E-state index is 8.66. The van der Waals surface area contributed by atoms with Gasteiger partial charge in [-0.2, -0.15) is 10.4 Å². The normalized spacial score (nSPS) is 10.5. The summed E-state index contributed by atoms with van der Waals surface area (Å²) in [6, 6.07) is 14.2. The van der Waals surface area contributed by atoms with Crippen molar-refractivity contribution in [1.82, 2.24) is 15.2 Å². The van der Waals surface area contributed by atoms with Crippen molar-refractivity contribution in [2.75, 3.05) is 7.11 Å². The van der Waals surface area contributed by atoms with E-state index in [9.17, 15) is 0 Å². The van der Waals surface area contributed by atoms with Crippen LogP contribution in [0.2, 0.25) is 0 Å². The van der Waals surface area contributed by atoms with Crippen molar-refractivity contribution >= 4 is 10.8 Å². The smallest absolute Gasteiger partial charge is 0.164 e. The highest BCUT2D eigenvalue weighted by molar-refractivity contribution is 5.87. The molecule has 0 unspecified atom stereocenters. The molecule has 0 spiro atoms. The summed E-state index contributed by atoms with van der Waals surface area (Å²) >= 11 is 0. The van der Waals surface area contributed by atoms with Crippen LogP contribution in [0.4, 0.5) is 0 Å². The lowest BCUT2D eigenvalue weighted by Gasteiger charge is -2.07. The monoisotopic (exact) mass is 278 g/mol. The first-order valence-corrected chi connectivity index (χ1v) is 6.63. The Kier molecular flexibility index (Phi) is 3.52. The number of hydrogen-bond acceptors (Lipinski definition) is 4. The molecule has 0 atom stereocenters. The topological polar surface area (TPSA) is 74.6 Å². The van der Waals surface area contributed by atoms with Gasteiger partial charge in [0.1, 0.15) is 11.6 Å². The number of aromatic amines is 1. The van der Waals surface area contributed by atoms with Crippen LogP contribution in [-0.2, 0) is 12.8 Å². The summed E-state index contributed by atoms with van der Waals surface area (Å²) in [5.41, 5.74) is 1.14. The van der Waals surface area contributed by atoms with Gasteiger partial charge in [-0.3, -0.25) is 5.10 Å². The molecule has 0 saturated heterocycles. The molecule has 1 heterocycles. The van der Waals surface area contributed by atoms with Crippen LogP contribution in [-0.4, -0.2) is 22.3 Å². The number of H-pyrrole nitrogens is 1. The van der Waals surface area contributed by atoms with Gasteiger partial charge in [0.25, 0.3) is 0 Å². The second-order valence-electron chi connectivity index (χ2n) is 4.71. The summed E-state index contributed by atoms with van der Waals surface area (Å²) in [6.07, 6.45) is 0.864. The number of ether oxygens (including phenoxy) is 1. The zero-order valence-corrected chi connectivity index (χ0v) is 11.6. The van der Waals surface area contributed by atoms with Gasteiger partial charge in [-0.25, -0.2) is 4.98 Å². The zero-order valence-electron chi connectivity index (χ0n) is 11.6. The summed E-state index contributed by atoms with van der Waals surface area (Å²) in [7, 11) is 1.66. The standard InChI is InChI=1S/C16H14N4O/c1-21-13-6-5-11-3-2-4-12(14(11)10-13)9-16-18-15(7-8-17)19-20-16/h2-6,10H,7,9H2,1H3,(H,18,19,20). The maximum Gasteiger partial charge on any atom is 0.164 e. The van der Waals surface area contributed by atoms with E-state index in [1.807, 2.05) is 30.3 Å². The molecule has 5 heteroatoms. The number of aromatic nitrogens is 3. The second-order valence-corrected chi connectivity index (χ2v) is 4.71. The molecular formula is C16H14N4O. The summed E-state index contributed by atoms with van der Waals surface area (Å²) in [5.74, 6) is 2.12. The lowest BCUT2D eigenvalue weighted by atomic mass is 10.0. The van der Waals surface area contributed by atoms with Crippen molar-refractivity contribution < 1.29 is 4.74 Å². The zero-order chi connectivity index (χ0) is 14.7. The Morgan fingerprint density at radius 2 is 2.19 bits per heavy atom. The van der Waals surface area contributed by atoms with Crippen LogP contribution in [0.1, 0.15) is 17.2 Å². The third-order valence-electron chi connectivity index (χ3n) is 3.35. The average Bonchev–Trinajstić information content (AvgIpc) is 2.95. The molecule has 2 aromatic carbocycles. The predicted octanol–water partition coefficient (Wildman–Crippen LogP) is 2.62. The molecule has 1 N–H and O–H groups in total. The van der Waals surface area contributed by atoms with Crippen LogP contribution in [0.5, 0.6) is 5.75 Å².